The molecule has 10 heavy (non-hydrogen) atoms. The molecule has 1 rings (SSSR count). The molecule has 0 aromatic carbocycles. The van der Waals surface area contributed by atoms with Crippen molar-refractivity contribution in [2.45, 2.75) is 32.7 Å². The molecule has 0 aromatic heterocycles. The average Bonchev–Trinajstić information content (AvgIpc) is 2.34. The molecule has 0 radical (unpaired) electrons. The molecule has 58 valence electrons. The molecule has 0 saturated heterocycles. The Morgan fingerprint density at radius 1 is 1.40 bits per heavy atom. The summed E-state index contributed by atoms with van der Waals surface area (Å²) in [6.07, 6.45) is 7.12. The molecule has 0 bridgehead atoms. The Kier molecular flexibility index (Phi) is 2.94. The summed E-state index contributed by atoms with van der Waals surface area (Å²) in [4.78, 5) is 0. The highest BCUT2D eigenvalue weighted by molar-refractivity contribution is 4.94. The van der Waals surface area contributed by atoms with Crippen LogP contribution in [0.2, 0.25) is 0 Å². The molecule has 1 N–H and O–H groups in total. The predicted molar refractivity (Wildman–Crippen MR) is 45.0 cm³/mol. The van der Waals surface area contributed by atoms with Crippen LogP contribution in [0, 0.1) is 5.92 Å². The summed E-state index contributed by atoms with van der Waals surface area (Å²) >= 11 is 0. The fraction of sp³-hybridized carbons (Fsp3) is 0.778. The number of allylic oxidation sites excluding steroid dienone is 2. The van der Waals surface area contributed by atoms with Gasteiger partial charge in [-0.25, -0.2) is 0 Å². The van der Waals surface area contributed by atoms with Crippen LogP contribution in [-0.4, -0.2) is 12.6 Å². The van der Waals surface area contributed by atoms with Gasteiger partial charge in [0.05, 0.1) is 0 Å². The van der Waals surface area contributed by atoms with E-state index in [9.17, 15) is 0 Å². The third-order valence-corrected chi connectivity index (χ3v) is 1.92. The Balaban J connectivity index is 2.03. The Labute approximate surface area is 63.5 Å². The van der Waals surface area contributed by atoms with Gasteiger partial charge in [-0.15, -0.1) is 0 Å². The van der Waals surface area contributed by atoms with E-state index in [1.165, 1.54) is 19.4 Å². The Morgan fingerprint density at radius 2 is 2.00 bits per heavy atom. The molecule has 0 spiro atoms. The summed E-state index contributed by atoms with van der Waals surface area (Å²) in [6.45, 7) is 5.58. The van der Waals surface area contributed by atoms with E-state index in [0.29, 0.717) is 6.04 Å². The van der Waals surface area contributed by atoms with Crippen LogP contribution in [0.1, 0.15) is 26.7 Å². The van der Waals surface area contributed by atoms with Crippen molar-refractivity contribution < 1.29 is 0 Å². The Hall–Kier alpha value is -0.300. The topological polar surface area (TPSA) is 12.0 Å². The lowest BCUT2D eigenvalue weighted by atomic mass is 10.1. The summed E-state index contributed by atoms with van der Waals surface area (Å²) in [6, 6.07) is 0.639. The van der Waals surface area contributed by atoms with Crippen molar-refractivity contribution in [2.24, 2.45) is 5.92 Å². The van der Waals surface area contributed by atoms with Crippen LogP contribution in [0.5, 0.6) is 0 Å². The van der Waals surface area contributed by atoms with Gasteiger partial charge in [-0.1, -0.05) is 26.0 Å². The average molecular weight is 139 g/mol. The molecule has 0 heterocycles. The molecule has 1 aliphatic carbocycles. The van der Waals surface area contributed by atoms with Crippen molar-refractivity contribution in [3.05, 3.63) is 12.2 Å². The SMILES string of the molecule is CC(C)NCC1CC=CC1. The van der Waals surface area contributed by atoms with Crippen LogP contribution in [0.3, 0.4) is 0 Å². The van der Waals surface area contributed by atoms with E-state index >= 15 is 0 Å². The van der Waals surface area contributed by atoms with Crippen molar-refractivity contribution >= 4 is 0 Å². The first-order valence-electron chi connectivity index (χ1n) is 4.17. The van der Waals surface area contributed by atoms with Crippen molar-refractivity contribution in [3.63, 3.8) is 0 Å². The maximum absolute atomic E-state index is 3.45. The normalized spacial score (nSPS) is 19.1. The molecule has 0 unspecified atom stereocenters. The number of rotatable bonds is 3. The molecule has 0 saturated carbocycles. The Bertz CT molecular complexity index is 108. The fourth-order valence-electron chi connectivity index (χ4n) is 1.24. The predicted octanol–water partition coefficient (Wildman–Crippen LogP) is 1.95. The second-order valence-electron chi connectivity index (χ2n) is 3.37. The minimum Gasteiger partial charge on any atom is -0.314 e. The van der Waals surface area contributed by atoms with E-state index < -0.39 is 0 Å². The van der Waals surface area contributed by atoms with Gasteiger partial charge >= 0.3 is 0 Å². The van der Waals surface area contributed by atoms with Gasteiger partial charge in [-0.05, 0) is 25.3 Å². The molecule has 0 aromatic rings. The van der Waals surface area contributed by atoms with E-state index in [4.69, 9.17) is 0 Å². The lowest BCUT2D eigenvalue weighted by Crippen LogP contribution is -2.27. The molecular weight excluding hydrogens is 122 g/mol. The first kappa shape index (κ1) is 7.80. The van der Waals surface area contributed by atoms with Crippen LogP contribution in [-0.2, 0) is 0 Å². The highest BCUT2D eigenvalue weighted by Crippen LogP contribution is 2.16. The number of hydrogen-bond acceptors (Lipinski definition) is 1. The van der Waals surface area contributed by atoms with E-state index in [1.807, 2.05) is 0 Å². The van der Waals surface area contributed by atoms with E-state index in [-0.39, 0.29) is 0 Å². The minimum atomic E-state index is 0.639. The van der Waals surface area contributed by atoms with Crippen molar-refractivity contribution in [3.8, 4) is 0 Å². The van der Waals surface area contributed by atoms with Gasteiger partial charge in [0, 0.05) is 6.04 Å². The molecule has 1 nitrogen and oxygen atoms in total. The quantitative estimate of drug-likeness (QED) is 0.589. The molecule has 0 amide bonds. The molecule has 0 atom stereocenters. The van der Waals surface area contributed by atoms with Gasteiger partial charge < -0.3 is 5.32 Å². The van der Waals surface area contributed by atoms with E-state index in [1.54, 1.807) is 0 Å². The summed E-state index contributed by atoms with van der Waals surface area (Å²) in [5.41, 5.74) is 0. The van der Waals surface area contributed by atoms with Crippen molar-refractivity contribution in [2.75, 3.05) is 6.54 Å². The van der Waals surface area contributed by atoms with Crippen molar-refractivity contribution in [1.82, 2.24) is 5.32 Å². The van der Waals surface area contributed by atoms with Crippen LogP contribution in [0.25, 0.3) is 0 Å². The maximum atomic E-state index is 3.45. The maximum Gasteiger partial charge on any atom is 0.00104 e. The zero-order valence-electron chi connectivity index (χ0n) is 6.93. The molecule has 0 aliphatic heterocycles. The Morgan fingerprint density at radius 3 is 2.50 bits per heavy atom. The zero-order chi connectivity index (χ0) is 7.40. The van der Waals surface area contributed by atoms with Gasteiger partial charge in [0.25, 0.3) is 0 Å². The third-order valence-electron chi connectivity index (χ3n) is 1.92. The second kappa shape index (κ2) is 3.77. The highest BCUT2D eigenvalue weighted by Gasteiger charge is 2.09. The van der Waals surface area contributed by atoms with Gasteiger partial charge in [-0.2, -0.15) is 0 Å². The zero-order valence-corrected chi connectivity index (χ0v) is 6.93. The lowest BCUT2D eigenvalue weighted by molar-refractivity contribution is 0.470. The van der Waals surface area contributed by atoms with E-state index in [2.05, 4.69) is 31.3 Å². The monoisotopic (exact) mass is 139 g/mol. The minimum absolute atomic E-state index is 0.639. The molecular formula is C9H17N. The van der Waals surface area contributed by atoms with Gasteiger partial charge in [0.1, 0.15) is 0 Å². The third kappa shape index (κ3) is 2.53. The molecule has 1 aliphatic rings. The number of hydrogen-bond donors (Lipinski definition) is 1. The molecule has 1 heteroatoms. The second-order valence-corrected chi connectivity index (χ2v) is 3.37. The standard InChI is InChI=1S/C9H17N/c1-8(2)10-7-9-5-3-4-6-9/h3-4,8-10H,5-7H2,1-2H3. The summed E-state index contributed by atoms with van der Waals surface area (Å²) in [5.74, 6) is 0.877. The number of nitrogens with one attached hydrogen (secondary N) is 1. The van der Waals surface area contributed by atoms with Crippen LogP contribution in [0.15, 0.2) is 12.2 Å². The van der Waals surface area contributed by atoms with E-state index in [0.717, 1.165) is 5.92 Å². The van der Waals surface area contributed by atoms with Gasteiger partial charge in [0.15, 0.2) is 0 Å². The fourth-order valence-corrected chi connectivity index (χ4v) is 1.24. The summed E-state index contributed by atoms with van der Waals surface area (Å²) in [7, 11) is 0. The largest absolute Gasteiger partial charge is 0.314 e. The summed E-state index contributed by atoms with van der Waals surface area (Å²) in [5, 5.41) is 3.45. The lowest BCUT2D eigenvalue weighted by Gasteiger charge is -2.12. The summed E-state index contributed by atoms with van der Waals surface area (Å²) < 4.78 is 0. The first-order valence-corrected chi connectivity index (χ1v) is 4.17. The van der Waals surface area contributed by atoms with Crippen LogP contribution in [0.4, 0.5) is 0 Å². The van der Waals surface area contributed by atoms with Crippen LogP contribution >= 0.6 is 0 Å². The first-order chi connectivity index (χ1) is 4.79. The highest BCUT2D eigenvalue weighted by atomic mass is 14.9. The molecule has 0 fully saturated rings. The van der Waals surface area contributed by atoms with Crippen molar-refractivity contribution in [1.29, 1.82) is 0 Å². The van der Waals surface area contributed by atoms with Gasteiger partial charge in [-0.3, -0.25) is 0 Å². The van der Waals surface area contributed by atoms with Crippen LogP contribution < -0.4 is 5.32 Å². The van der Waals surface area contributed by atoms with Gasteiger partial charge in [0.2, 0.25) is 0 Å². The smallest absolute Gasteiger partial charge is 0.00104 e.